The zero-order chi connectivity index (χ0) is 16.4. The number of alkyl carbamates (subject to hydrolysis) is 1. The Morgan fingerprint density at radius 2 is 1.88 bits per heavy atom. The molecule has 0 atom stereocenters. The third-order valence-electron chi connectivity index (χ3n) is 5.64. The Morgan fingerprint density at radius 3 is 2.50 bits per heavy atom. The summed E-state index contributed by atoms with van der Waals surface area (Å²) in [5.41, 5.74) is 1.51. The summed E-state index contributed by atoms with van der Waals surface area (Å²) < 4.78 is 10.7. The highest BCUT2D eigenvalue weighted by Crippen LogP contribution is 2.40. The number of ether oxygens (including phenoxy) is 2. The molecule has 1 saturated carbocycles. The minimum absolute atomic E-state index is 0.256. The first-order chi connectivity index (χ1) is 11.7. The van der Waals surface area contributed by atoms with Gasteiger partial charge in [-0.15, -0.1) is 0 Å². The van der Waals surface area contributed by atoms with Crippen LogP contribution in [0.2, 0.25) is 0 Å². The van der Waals surface area contributed by atoms with E-state index in [9.17, 15) is 4.79 Å². The predicted octanol–water partition coefficient (Wildman–Crippen LogP) is 2.56. The van der Waals surface area contributed by atoms with E-state index in [2.05, 4.69) is 10.2 Å². The molecular weight excluding hydrogens is 304 g/mol. The maximum absolute atomic E-state index is 11.9. The molecule has 1 N–H and O–H groups in total. The van der Waals surface area contributed by atoms with Crippen molar-refractivity contribution in [2.75, 3.05) is 26.3 Å². The summed E-state index contributed by atoms with van der Waals surface area (Å²) in [5.74, 6) is 0. The normalized spacial score (nSPS) is 28.7. The Hall–Kier alpha value is -1.59. The lowest BCUT2D eigenvalue weighted by Crippen LogP contribution is -2.68. The van der Waals surface area contributed by atoms with Gasteiger partial charge in [0.25, 0.3) is 0 Å². The van der Waals surface area contributed by atoms with Gasteiger partial charge in [0, 0.05) is 30.6 Å². The number of carbonyl (C=O) groups excluding carboxylic acids is 1. The van der Waals surface area contributed by atoms with Gasteiger partial charge in [0.2, 0.25) is 0 Å². The Labute approximate surface area is 143 Å². The highest BCUT2D eigenvalue weighted by Gasteiger charge is 2.50. The molecule has 1 amide bonds. The maximum Gasteiger partial charge on any atom is 0.407 e. The quantitative estimate of drug-likeness (QED) is 0.922. The molecule has 0 radical (unpaired) electrons. The number of hydrogen-bond donors (Lipinski definition) is 1. The van der Waals surface area contributed by atoms with Gasteiger partial charge < -0.3 is 14.8 Å². The fraction of sp³-hybridized carbons (Fsp3) is 0.632. The SMILES string of the molecule is O=C(N[C@H]1CC[C@H](N2CC3(COC3)C2)CC1)OCc1ccccc1. The zero-order valence-electron chi connectivity index (χ0n) is 14.1. The van der Waals surface area contributed by atoms with Crippen LogP contribution >= 0.6 is 0 Å². The van der Waals surface area contributed by atoms with Crippen molar-refractivity contribution in [3.05, 3.63) is 35.9 Å². The predicted molar refractivity (Wildman–Crippen MR) is 90.6 cm³/mol. The number of benzene rings is 1. The van der Waals surface area contributed by atoms with E-state index in [1.807, 2.05) is 30.3 Å². The summed E-state index contributed by atoms with van der Waals surface area (Å²) in [7, 11) is 0. The van der Waals surface area contributed by atoms with Crippen molar-refractivity contribution in [1.29, 1.82) is 0 Å². The minimum Gasteiger partial charge on any atom is -0.445 e. The van der Waals surface area contributed by atoms with Crippen LogP contribution in [0.15, 0.2) is 30.3 Å². The van der Waals surface area contributed by atoms with Crippen LogP contribution in [0.1, 0.15) is 31.2 Å². The van der Waals surface area contributed by atoms with Crippen LogP contribution in [0.3, 0.4) is 0 Å². The van der Waals surface area contributed by atoms with Crippen molar-refractivity contribution >= 4 is 6.09 Å². The van der Waals surface area contributed by atoms with Crippen molar-refractivity contribution in [3.8, 4) is 0 Å². The van der Waals surface area contributed by atoms with Crippen molar-refractivity contribution in [3.63, 3.8) is 0 Å². The topological polar surface area (TPSA) is 50.8 Å². The maximum atomic E-state index is 11.9. The molecule has 5 nitrogen and oxygen atoms in total. The number of rotatable bonds is 4. The highest BCUT2D eigenvalue weighted by atomic mass is 16.5. The molecule has 130 valence electrons. The number of nitrogens with zero attached hydrogens (tertiary/aromatic N) is 1. The van der Waals surface area contributed by atoms with Crippen LogP contribution < -0.4 is 5.32 Å². The number of nitrogens with one attached hydrogen (secondary N) is 1. The Kier molecular flexibility index (Phi) is 4.46. The third kappa shape index (κ3) is 3.42. The molecule has 0 aromatic heterocycles. The van der Waals surface area contributed by atoms with Gasteiger partial charge in [-0.1, -0.05) is 30.3 Å². The van der Waals surface area contributed by atoms with E-state index >= 15 is 0 Å². The van der Waals surface area contributed by atoms with Crippen molar-refractivity contribution in [2.24, 2.45) is 5.41 Å². The molecule has 2 heterocycles. The average Bonchev–Trinajstić information content (AvgIpc) is 2.53. The van der Waals surface area contributed by atoms with E-state index < -0.39 is 0 Å². The molecule has 4 rings (SSSR count). The largest absolute Gasteiger partial charge is 0.445 e. The minimum atomic E-state index is -0.295. The lowest BCUT2D eigenvalue weighted by Gasteiger charge is -2.58. The molecule has 2 aliphatic heterocycles. The van der Waals surface area contributed by atoms with Gasteiger partial charge in [0.1, 0.15) is 6.61 Å². The van der Waals surface area contributed by atoms with Gasteiger partial charge in [0.05, 0.1) is 13.2 Å². The van der Waals surface area contributed by atoms with Crippen LogP contribution in [0.5, 0.6) is 0 Å². The first-order valence-corrected chi connectivity index (χ1v) is 9.02. The average molecular weight is 330 g/mol. The van der Waals surface area contributed by atoms with Gasteiger partial charge in [0.15, 0.2) is 0 Å². The lowest BCUT2D eigenvalue weighted by atomic mass is 9.75. The van der Waals surface area contributed by atoms with E-state index in [-0.39, 0.29) is 12.1 Å². The molecule has 1 aliphatic carbocycles. The fourth-order valence-electron chi connectivity index (χ4n) is 4.16. The zero-order valence-corrected chi connectivity index (χ0v) is 14.1. The van der Waals surface area contributed by atoms with Crippen LogP contribution in [0, 0.1) is 5.41 Å². The molecule has 1 spiro atoms. The monoisotopic (exact) mass is 330 g/mol. The first-order valence-electron chi connectivity index (χ1n) is 9.02. The van der Waals surface area contributed by atoms with Gasteiger partial charge in [-0.2, -0.15) is 0 Å². The molecule has 1 aromatic rings. The van der Waals surface area contributed by atoms with E-state index in [1.54, 1.807) is 0 Å². The summed E-state index contributed by atoms with van der Waals surface area (Å²) in [6.07, 6.45) is 4.13. The Balaban J connectivity index is 1.15. The molecule has 24 heavy (non-hydrogen) atoms. The van der Waals surface area contributed by atoms with Gasteiger partial charge in [-0.05, 0) is 31.2 Å². The molecule has 3 fully saturated rings. The van der Waals surface area contributed by atoms with Crippen LogP contribution in [0.4, 0.5) is 4.79 Å². The molecule has 2 saturated heterocycles. The van der Waals surface area contributed by atoms with Gasteiger partial charge in [-0.3, -0.25) is 4.90 Å². The molecule has 0 unspecified atom stereocenters. The Morgan fingerprint density at radius 1 is 1.17 bits per heavy atom. The van der Waals surface area contributed by atoms with E-state index in [4.69, 9.17) is 9.47 Å². The van der Waals surface area contributed by atoms with E-state index in [0.29, 0.717) is 18.1 Å². The molecular formula is C19H26N2O3. The first kappa shape index (κ1) is 15.9. The molecule has 5 heteroatoms. The summed E-state index contributed by atoms with van der Waals surface area (Å²) in [6, 6.07) is 10.7. The standard InChI is InChI=1S/C19H26N2O3/c22-18(24-10-15-4-2-1-3-5-15)20-16-6-8-17(9-7-16)21-11-19(12-21)13-23-14-19/h1-5,16-17H,6-14H2,(H,20,22)/t16-,17-. The van der Waals surface area contributed by atoms with E-state index in [1.165, 1.54) is 25.9 Å². The third-order valence-corrected chi connectivity index (χ3v) is 5.64. The van der Waals surface area contributed by atoms with Crippen molar-refractivity contribution < 1.29 is 14.3 Å². The Bertz CT molecular complexity index is 557. The summed E-state index contributed by atoms with van der Waals surface area (Å²) in [4.78, 5) is 14.5. The number of hydrogen-bond acceptors (Lipinski definition) is 4. The van der Waals surface area contributed by atoms with Crippen molar-refractivity contribution in [1.82, 2.24) is 10.2 Å². The summed E-state index contributed by atoms with van der Waals surface area (Å²) in [5, 5.41) is 3.02. The summed E-state index contributed by atoms with van der Waals surface area (Å²) in [6.45, 7) is 4.64. The number of carbonyl (C=O) groups is 1. The second-order valence-electron chi connectivity index (χ2n) is 7.61. The van der Waals surface area contributed by atoms with Crippen LogP contribution in [-0.4, -0.2) is 49.4 Å². The lowest BCUT2D eigenvalue weighted by molar-refractivity contribution is -0.200. The molecule has 0 bridgehead atoms. The van der Waals surface area contributed by atoms with Crippen LogP contribution in [0.25, 0.3) is 0 Å². The smallest absolute Gasteiger partial charge is 0.407 e. The number of amides is 1. The van der Waals surface area contributed by atoms with Crippen LogP contribution in [-0.2, 0) is 16.1 Å². The summed E-state index contributed by atoms with van der Waals surface area (Å²) >= 11 is 0. The van der Waals surface area contributed by atoms with Gasteiger partial charge in [-0.25, -0.2) is 4.79 Å². The van der Waals surface area contributed by atoms with Crippen molar-refractivity contribution in [2.45, 2.75) is 44.4 Å². The second-order valence-corrected chi connectivity index (χ2v) is 7.61. The van der Waals surface area contributed by atoms with E-state index in [0.717, 1.165) is 31.6 Å². The second kappa shape index (κ2) is 6.73. The highest BCUT2D eigenvalue weighted by molar-refractivity contribution is 5.67. The number of likely N-dealkylation sites (tertiary alicyclic amines) is 1. The fourth-order valence-corrected chi connectivity index (χ4v) is 4.16. The van der Waals surface area contributed by atoms with Gasteiger partial charge >= 0.3 is 6.09 Å². The molecule has 3 aliphatic rings. The molecule has 1 aromatic carbocycles.